The van der Waals surface area contributed by atoms with Gasteiger partial charge in [0.15, 0.2) is 0 Å². The molecule has 0 aromatic carbocycles. The summed E-state index contributed by atoms with van der Waals surface area (Å²) in [7, 11) is 0. The maximum absolute atomic E-state index is 10.3. The Morgan fingerprint density at radius 2 is 2.35 bits per heavy atom. The summed E-state index contributed by atoms with van der Waals surface area (Å²) in [5.41, 5.74) is 4.83. The molecule has 1 fully saturated rings. The molecule has 0 aliphatic heterocycles. The topological polar surface area (TPSA) is 90.1 Å². The van der Waals surface area contributed by atoms with E-state index in [-0.39, 0.29) is 6.61 Å². The van der Waals surface area contributed by atoms with Crippen molar-refractivity contribution in [3.05, 3.63) is 17.0 Å². The van der Waals surface area contributed by atoms with Crippen LogP contribution < -0.4 is 11.1 Å². The highest BCUT2D eigenvalue weighted by molar-refractivity contribution is 6.29. The van der Waals surface area contributed by atoms with Gasteiger partial charge < -0.3 is 15.8 Å². The van der Waals surface area contributed by atoms with Crippen LogP contribution in [-0.2, 0) is 4.74 Å². The monoisotopic (exact) mass is 256 g/mol. The summed E-state index contributed by atoms with van der Waals surface area (Å²) in [6, 6.07) is 1.64. The average molecular weight is 257 g/mol. The van der Waals surface area contributed by atoms with Crippen LogP contribution in [0, 0.1) is 0 Å². The van der Waals surface area contributed by atoms with Crippen LogP contribution in [0.4, 0.5) is 10.6 Å². The molecule has 17 heavy (non-hydrogen) atoms. The Morgan fingerprint density at radius 1 is 1.59 bits per heavy atom. The van der Waals surface area contributed by atoms with Crippen molar-refractivity contribution in [3.63, 3.8) is 0 Å². The van der Waals surface area contributed by atoms with Crippen molar-refractivity contribution in [1.82, 2.24) is 9.97 Å². The van der Waals surface area contributed by atoms with Crippen LogP contribution in [0.3, 0.4) is 0 Å². The number of nitrogens with one attached hydrogen (secondary N) is 1. The van der Waals surface area contributed by atoms with E-state index in [2.05, 4.69) is 20.0 Å². The molecule has 1 amide bonds. The summed E-state index contributed by atoms with van der Waals surface area (Å²) in [6.07, 6.45) is 1.45. The first-order valence-corrected chi connectivity index (χ1v) is 5.73. The molecule has 1 aromatic rings. The van der Waals surface area contributed by atoms with Crippen LogP contribution in [0.1, 0.15) is 24.6 Å². The van der Waals surface area contributed by atoms with Gasteiger partial charge in [0.05, 0.1) is 6.54 Å². The number of hydrogen-bond donors (Lipinski definition) is 2. The van der Waals surface area contributed by atoms with E-state index in [0.29, 0.717) is 23.4 Å². The molecule has 7 heteroatoms. The Morgan fingerprint density at radius 3 is 3.00 bits per heavy atom. The fourth-order valence-electron chi connectivity index (χ4n) is 1.38. The molecular formula is C10H13ClN4O2. The number of carbonyl (C=O) groups is 1. The minimum absolute atomic E-state index is 0.190. The SMILES string of the molecule is NC(=O)OCCNc1cc(Cl)nc(C2CC2)n1. The number of hydrogen-bond acceptors (Lipinski definition) is 5. The first-order valence-electron chi connectivity index (χ1n) is 5.36. The van der Waals surface area contributed by atoms with E-state index in [1.807, 2.05) is 0 Å². The Hall–Kier alpha value is -1.56. The van der Waals surface area contributed by atoms with E-state index in [1.54, 1.807) is 6.07 Å². The van der Waals surface area contributed by atoms with Gasteiger partial charge in [-0.15, -0.1) is 0 Å². The zero-order valence-electron chi connectivity index (χ0n) is 9.15. The third-order valence-electron chi connectivity index (χ3n) is 2.31. The van der Waals surface area contributed by atoms with Gasteiger partial charge in [-0.3, -0.25) is 0 Å². The molecule has 1 aliphatic carbocycles. The molecule has 1 aliphatic rings. The Balaban J connectivity index is 1.89. The normalized spacial score (nSPS) is 14.4. The van der Waals surface area contributed by atoms with Gasteiger partial charge in [-0.05, 0) is 12.8 Å². The first-order chi connectivity index (χ1) is 8.15. The van der Waals surface area contributed by atoms with E-state index in [4.69, 9.17) is 17.3 Å². The quantitative estimate of drug-likeness (QED) is 0.616. The molecule has 0 bridgehead atoms. The molecule has 0 radical (unpaired) electrons. The molecular weight excluding hydrogens is 244 g/mol. The summed E-state index contributed by atoms with van der Waals surface area (Å²) in [5, 5.41) is 3.41. The Kier molecular flexibility index (Phi) is 3.63. The first kappa shape index (κ1) is 11.9. The third-order valence-corrected chi connectivity index (χ3v) is 2.50. The zero-order chi connectivity index (χ0) is 12.3. The summed E-state index contributed by atoms with van der Waals surface area (Å²) in [6.45, 7) is 0.621. The van der Waals surface area contributed by atoms with Crippen molar-refractivity contribution in [2.75, 3.05) is 18.5 Å². The number of rotatable bonds is 5. The predicted octanol–water partition coefficient (Wildman–Crippen LogP) is 1.51. The standard InChI is InChI=1S/C10H13ClN4O2/c11-7-5-8(13-3-4-17-10(12)16)15-9(14-7)6-1-2-6/h5-6H,1-4H2,(H2,12,16)(H,13,14,15). The number of aromatic nitrogens is 2. The highest BCUT2D eigenvalue weighted by Crippen LogP contribution is 2.38. The van der Waals surface area contributed by atoms with Gasteiger partial charge in [-0.25, -0.2) is 14.8 Å². The van der Waals surface area contributed by atoms with Gasteiger partial charge in [-0.2, -0.15) is 0 Å². The molecule has 6 nitrogen and oxygen atoms in total. The molecule has 0 saturated heterocycles. The van der Waals surface area contributed by atoms with E-state index in [9.17, 15) is 4.79 Å². The molecule has 1 heterocycles. The van der Waals surface area contributed by atoms with Crippen LogP contribution in [0.15, 0.2) is 6.07 Å². The molecule has 1 aromatic heterocycles. The third kappa shape index (κ3) is 3.74. The van der Waals surface area contributed by atoms with Crippen molar-refractivity contribution in [2.45, 2.75) is 18.8 Å². The minimum atomic E-state index is -0.786. The van der Waals surface area contributed by atoms with E-state index >= 15 is 0 Å². The molecule has 92 valence electrons. The van der Waals surface area contributed by atoms with Gasteiger partial charge in [-0.1, -0.05) is 11.6 Å². The predicted molar refractivity (Wildman–Crippen MR) is 63.0 cm³/mol. The maximum atomic E-state index is 10.3. The van der Waals surface area contributed by atoms with Gasteiger partial charge in [0.25, 0.3) is 0 Å². The lowest BCUT2D eigenvalue weighted by Crippen LogP contribution is -2.18. The lowest BCUT2D eigenvalue weighted by atomic mass is 10.4. The smallest absolute Gasteiger partial charge is 0.404 e. The summed E-state index contributed by atoms with van der Waals surface area (Å²) in [5.74, 6) is 1.85. The van der Waals surface area contributed by atoms with E-state index in [0.717, 1.165) is 18.7 Å². The maximum Gasteiger partial charge on any atom is 0.404 e. The van der Waals surface area contributed by atoms with Crippen molar-refractivity contribution >= 4 is 23.5 Å². The van der Waals surface area contributed by atoms with Gasteiger partial charge in [0.1, 0.15) is 23.4 Å². The number of anilines is 1. The second kappa shape index (κ2) is 5.18. The Labute approximate surface area is 104 Å². The number of ether oxygens (including phenoxy) is 1. The molecule has 3 N–H and O–H groups in total. The number of primary amides is 1. The summed E-state index contributed by atoms with van der Waals surface area (Å²) < 4.78 is 4.58. The number of halogens is 1. The number of nitrogens with two attached hydrogens (primary N) is 1. The van der Waals surface area contributed by atoms with Crippen LogP contribution in [0.2, 0.25) is 5.15 Å². The highest BCUT2D eigenvalue weighted by atomic mass is 35.5. The lowest BCUT2D eigenvalue weighted by molar-refractivity contribution is 0.161. The van der Waals surface area contributed by atoms with Crippen LogP contribution in [0.5, 0.6) is 0 Å². The largest absolute Gasteiger partial charge is 0.448 e. The van der Waals surface area contributed by atoms with Crippen molar-refractivity contribution in [2.24, 2.45) is 5.73 Å². The van der Waals surface area contributed by atoms with Crippen LogP contribution >= 0.6 is 11.6 Å². The molecule has 0 unspecified atom stereocenters. The second-order valence-electron chi connectivity index (χ2n) is 3.80. The minimum Gasteiger partial charge on any atom is -0.448 e. The van der Waals surface area contributed by atoms with Gasteiger partial charge in [0.2, 0.25) is 0 Å². The average Bonchev–Trinajstić information content (AvgIpc) is 3.07. The highest BCUT2D eigenvalue weighted by Gasteiger charge is 2.27. The van der Waals surface area contributed by atoms with E-state index < -0.39 is 6.09 Å². The van der Waals surface area contributed by atoms with Crippen molar-refractivity contribution in [3.8, 4) is 0 Å². The number of carbonyl (C=O) groups excluding carboxylic acids is 1. The second-order valence-corrected chi connectivity index (χ2v) is 4.19. The lowest BCUT2D eigenvalue weighted by Gasteiger charge is -2.07. The molecule has 2 rings (SSSR count). The Bertz CT molecular complexity index is 423. The molecule has 0 atom stereocenters. The van der Waals surface area contributed by atoms with Gasteiger partial charge in [0, 0.05) is 12.0 Å². The summed E-state index contributed by atoms with van der Waals surface area (Å²) in [4.78, 5) is 18.8. The van der Waals surface area contributed by atoms with E-state index in [1.165, 1.54) is 0 Å². The zero-order valence-corrected chi connectivity index (χ0v) is 9.91. The molecule has 1 saturated carbocycles. The van der Waals surface area contributed by atoms with Crippen LogP contribution in [-0.4, -0.2) is 29.2 Å². The number of nitrogens with zero attached hydrogens (tertiary/aromatic N) is 2. The fraction of sp³-hybridized carbons (Fsp3) is 0.500. The fourth-order valence-corrected chi connectivity index (χ4v) is 1.57. The van der Waals surface area contributed by atoms with Crippen molar-refractivity contribution in [1.29, 1.82) is 0 Å². The van der Waals surface area contributed by atoms with Crippen molar-refractivity contribution < 1.29 is 9.53 Å². The molecule has 0 spiro atoms. The summed E-state index contributed by atoms with van der Waals surface area (Å²) >= 11 is 5.89. The van der Waals surface area contributed by atoms with Crippen LogP contribution in [0.25, 0.3) is 0 Å². The number of amides is 1. The van der Waals surface area contributed by atoms with Gasteiger partial charge >= 0.3 is 6.09 Å².